The first-order valence-corrected chi connectivity index (χ1v) is 6.04. The summed E-state index contributed by atoms with van der Waals surface area (Å²) in [7, 11) is 1.65. The molecule has 2 rings (SSSR count). The van der Waals surface area contributed by atoms with E-state index in [0.717, 1.165) is 33.0 Å². The molecule has 0 fully saturated rings. The minimum atomic E-state index is 0.422. The smallest absolute Gasteiger partial charge is 0.128 e. The van der Waals surface area contributed by atoms with Gasteiger partial charge in [0.05, 0.1) is 18.5 Å². The Morgan fingerprint density at radius 3 is 2.88 bits per heavy atom. The van der Waals surface area contributed by atoms with Gasteiger partial charge in [0, 0.05) is 16.6 Å². The predicted molar refractivity (Wildman–Crippen MR) is 70.9 cm³/mol. The number of benzene rings is 1. The van der Waals surface area contributed by atoms with Crippen LogP contribution in [-0.2, 0) is 6.54 Å². The molecule has 0 aliphatic rings. The Hall–Kier alpha value is -1.33. The largest absolute Gasteiger partial charge is 0.496 e. The number of aromatic nitrogens is 2. The Bertz CT molecular complexity index is 537. The maximum atomic E-state index is 5.71. The summed E-state index contributed by atoms with van der Waals surface area (Å²) >= 11 is 3.45. The van der Waals surface area contributed by atoms with Crippen LogP contribution in [0.3, 0.4) is 0 Å². The molecule has 0 amide bonds. The predicted octanol–water partition coefficient (Wildman–Crippen LogP) is 2.61. The molecule has 1 heterocycles. The number of H-pyrrole nitrogens is 1. The van der Waals surface area contributed by atoms with Crippen LogP contribution in [0.2, 0.25) is 0 Å². The monoisotopic (exact) mass is 295 g/mol. The molecule has 0 aliphatic carbocycles. The van der Waals surface area contributed by atoms with Crippen LogP contribution in [0.5, 0.6) is 5.75 Å². The molecular formula is C12H14BrN3O. The molecule has 3 N–H and O–H groups in total. The molecule has 0 bridgehead atoms. The zero-order valence-corrected chi connectivity index (χ0v) is 11.3. The fourth-order valence-corrected chi connectivity index (χ4v) is 2.14. The average molecular weight is 296 g/mol. The number of imidazole rings is 1. The van der Waals surface area contributed by atoms with Crippen molar-refractivity contribution in [2.75, 3.05) is 7.11 Å². The van der Waals surface area contributed by atoms with E-state index in [1.807, 2.05) is 25.1 Å². The molecule has 1 aromatic heterocycles. The first-order chi connectivity index (χ1) is 8.15. The van der Waals surface area contributed by atoms with Gasteiger partial charge in [0.2, 0.25) is 0 Å². The lowest BCUT2D eigenvalue weighted by Gasteiger charge is -2.08. The zero-order valence-electron chi connectivity index (χ0n) is 9.75. The lowest BCUT2D eigenvalue weighted by atomic mass is 10.1. The van der Waals surface area contributed by atoms with Crippen LogP contribution in [0.25, 0.3) is 11.3 Å². The topological polar surface area (TPSA) is 63.9 Å². The van der Waals surface area contributed by atoms with E-state index in [9.17, 15) is 0 Å². The molecule has 0 spiro atoms. The summed E-state index contributed by atoms with van der Waals surface area (Å²) in [6.45, 7) is 2.33. The highest BCUT2D eigenvalue weighted by Crippen LogP contribution is 2.33. The van der Waals surface area contributed by atoms with E-state index in [-0.39, 0.29) is 0 Å². The molecule has 0 unspecified atom stereocenters. The highest BCUT2D eigenvalue weighted by atomic mass is 79.9. The van der Waals surface area contributed by atoms with Crippen LogP contribution < -0.4 is 10.5 Å². The normalized spacial score (nSPS) is 10.6. The van der Waals surface area contributed by atoms with E-state index in [0.29, 0.717) is 6.54 Å². The molecule has 0 atom stereocenters. The van der Waals surface area contributed by atoms with Gasteiger partial charge in [-0.05, 0) is 25.1 Å². The van der Waals surface area contributed by atoms with E-state index in [4.69, 9.17) is 10.5 Å². The number of hydrogen-bond donors (Lipinski definition) is 2. The molecular weight excluding hydrogens is 282 g/mol. The molecule has 0 radical (unpaired) electrons. The molecule has 0 saturated heterocycles. The Morgan fingerprint density at radius 2 is 2.24 bits per heavy atom. The second kappa shape index (κ2) is 4.89. The Morgan fingerprint density at radius 1 is 1.47 bits per heavy atom. The molecule has 4 nitrogen and oxygen atoms in total. The van der Waals surface area contributed by atoms with Gasteiger partial charge in [0.1, 0.15) is 11.6 Å². The summed E-state index contributed by atoms with van der Waals surface area (Å²) in [6.07, 6.45) is 0. The van der Waals surface area contributed by atoms with E-state index in [1.165, 1.54) is 0 Å². The summed E-state index contributed by atoms with van der Waals surface area (Å²) in [4.78, 5) is 7.62. The van der Waals surface area contributed by atoms with Crippen LogP contribution in [0, 0.1) is 6.92 Å². The van der Waals surface area contributed by atoms with Gasteiger partial charge < -0.3 is 15.5 Å². The SMILES string of the molecule is COc1ccc(Br)cc1-c1nc(C)[nH]c1CN. The fraction of sp³-hybridized carbons (Fsp3) is 0.250. The second-order valence-electron chi connectivity index (χ2n) is 3.70. The number of hydrogen-bond acceptors (Lipinski definition) is 3. The van der Waals surface area contributed by atoms with Gasteiger partial charge in [-0.3, -0.25) is 0 Å². The van der Waals surface area contributed by atoms with Crippen molar-refractivity contribution in [3.8, 4) is 17.0 Å². The number of methoxy groups -OCH3 is 1. The standard InChI is InChI=1S/C12H14BrN3O/c1-7-15-10(6-14)12(16-7)9-5-8(13)3-4-11(9)17-2/h3-5H,6,14H2,1-2H3,(H,15,16). The number of nitrogens with one attached hydrogen (secondary N) is 1. The molecule has 2 aromatic rings. The van der Waals surface area contributed by atoms with Crippen molar-refractivity contribution in [2.24, 2.45) is 5.73 Å². The van der Waals surface area contributed by atoms with Crippen molar-refractivity contribution in [3.05, 3.63) is 34.2 Å². The fourth-order valence-electron chi connectivity index (χ4n) is 1.78. The minimum absolute atomic E-state index is 0.422. The maximum absolute atomic E-state index is 5.71. The van der Waals surface area contributed by atoms with Gasteiger partial charge >= 0.3 is 0 Å². The number of rotatable bonds is 3. The molecule has 0 aliphatic heterocycles. The summed E-state index contributed by atoms with van der Waals surface area (Å²) in [6, 6.07) is 5.82. The van der Waals surface area contributed by atoms with Crippen molar-refractivity contribution >= 4 is 15.9 Å². The van der Waals surface area contributed by atoms with Crippen molar-refractivity contribution in [1.82, 2.24) is 9.97 Å². The van der Waals surface area contributed by atoms with Gasteiger partial charge in [-0.1, -0.05) is 15.9 Å². The lowest BCUT2D eigenvalue weighted by Crippen LogP contribution is -1.99. The number of ether oxygens (including phenoxy) is 1. The first-order valence-electron chi connectivity index (χ1n) is 5.25. The Balaban J connectivity index is 2.61. The quantitative estimate of drug-likeness (QED) is 0.915. The zero-order chi connectivity index (χ0) is 12.4. The Kier molecular flexibility index (Phi) is 3.49. The molecule has 0 saturated carbocycles. The summed E-state index contributed by atoms with van der Waals surface area (Å²) in [5, 5.41) is 0. The van der Waals surface area contributed by atoms with Gasteiger partial charge in [-0.2, -0.15) is 0 Å². The van der Waals surface area contributed by atoms with Crippen LogP contribution >= 0.6 is 15.9 Å². The van der Waals surface area contributed by atoms with Crippen molar-refractivity contribution < 1.29 is 4.74 Å². The van der Waals surface area contributed by atoms with E-state index in [2.05, 4.69) is 25.9 Å². The second-order valence-corrected chi connectivity index (χ2v) is 4.61. The number of halogens is 1. The minimum Gasteiger partial charge on any atom is -0.496 e. The summed E-state index contributed by atoms with van der Waals surface area (Å²) < 4.78 is 6.33. The third kappa shape index (κ3) is 2.35. The van der Waals surface area contributed by atoms with E-state index in [1.54, 1.807) is 7.11 Å². The van der Waals surface area contributed by atoms with E-state index >= 15 is 0 Å². The van der Waals surface area contributed by atoms with Crippen molar-refractivity contribution in [3.63, 3.8) is 0 Å². The summed E-state index contributed by atoms with van der Waals surface area (Å²) in [5.74, 6) is 1.64. The number of aromatic amines is 1. The first kappa shape index (κ1) is 12.1. The molecule has 90 valence electrons. The van der Waals surface area contributed by atoms with Gasteiger partial charge in [-0.25, -0.2) is 4.98 Å². The van der Waals surface area contributed by atoms with Gasteiger partial charge in [-0.15, -0.1) is 0 Å². The van der Waals surface area contributed by atoms with Gasteiger partial charge in [0.25, 0.3) is 0 Å². The van der Waals surface area contributed by atoms with Crippen LogP contribution in [0.4, 0.5) is 0 Å². The van der Waals surface area contributed by atoms with Crippen molar-refractivity contribution in [2.45, 2.75) is 13.5 Å². The van der Waals surface area contributed by atoms with Gasteiger partial charge in [0.15, 0.2) is 0 Å². The summed E-state index contributed by atoms with van der Waals surface area (Å²) in [5.41, 5.74) is 8.41. The average Bonchev–Trinajstić information content (AvgIpc) is 2.70. The van der Waals surface area contributed by atoms with Crippen LogP contribution in [0.15, 0.2) is 22.7 Å². The molecule has 1 aromatic carbocycles. The maximum Gasteiger partial charge on any atom is 0.128 e. The van der Waals surface area contributed by atoms with Crippen molar-refractivity contribution in [1.29, 1.82) is 0 Å². The van der Waals surface area contributed by atoms with E-state index < -0.39 is 0 Å². The van der Waals surface area contributed by atoms with Crippen LogP contribution in [-0.4, -0.2) is 17.1 Å². The molecule has 5 heteroatoms. The highest BCUT2D eigenvalue weighted by molar-refractivity contribution is 9.10. The number of aryl methyl sites for hydroxylation is 1. The number of nitrogens with zero attached hydrogens (tertiary/aromatic N) is 1. The Labute approximate surface area is 108 Å². The molecule has 17 heavy (non-hydrogen) atoms. The van der Waals surface area contributed by atoms with Crippen LogP contribution in [0.1, 0.15) is 11.5 Å². The third-order valence-corrected chi connectivity index (χ3v) is 3.01. The number of nitrogens with two attached hydrogens (primary N) is 1. The third-order valence-electron chi connectivity index (χ3n) is 2.52. The lowest BCUT2D eigenvalue weighted by molar-refractivity contribution is 0.416. The highest BCUT2D eigenvalue weighted by Gasteiger charge is 2.14.